The molecule has 1 saturated heterocycles. The molecule has 0 radical (unpaired) electrons. The van der Waals surface area contributed by atoms with E-state index in [1.54, 1.807) is 18.2 Å². The molecule has 5 heteroatoms. The van der Waals surface area contributed by atoms with Gasteiger partial charge in [0.25, 0.3) is 0 Å². The first-order valence-corrected chi connectivity index (χ1v) is 7.29. The molecule has 3 atom stereocenters. The van der Waals surface area contributed by atoms with Crippen molar-refractivity contribution in [2.45, 2.75) is 50.7 Å². The summed E-state index contributed by atoms with van der Waals surface area (Å²) in [6.07, 6.45) is 0.278. The number of benzene rings is 1. The molecular formula is C16H20N2O3. The van der Waals surface area contributed by atoms with Gasteiger partial charge in [0.2, 0.25) is 0 Å². The smallest absolute Gasteiger partial charge is 0.131 e. The Kier molecular flexibility index (Phi) is 3.40. The molecule has 2 heterocycles. The van der Waals surface area contributed by atoms with Crippen molar-refractivity contribution in [3.8, 4) is 11.8 Å². The fourth-order valence-electron chi connectivity index (χ4n) is 3.29. The molecule has 2 aliphatic rings. The van der Waals surface area contributed by atoms with Gasteiger partial charge >= 0.3 is 0 Å². The minimum absolute atomic E-state index is 0.352. The van der Waals surface area contributed by atoms with Crippen LogP contribution in [0.25, 0.3) is 0 Å². The summed E-state index contributed by atoms with van der Waals surface area (Å²) in [6.45, 7) is 4.41. The number of likely N-dealkylation sites (tertiary alicyclic amines) is 1. The maximum Gasteiger partial charge on any atom is 0.131 e. The summed E-state index contributed by atoms with van der Waals surface area (Å²) in [5.74, 6) is 0.674. The Labute approximate surface area is 124 Å². The Balaban J connectivity index is 2.10. The Morgan fingerprint density at radius 2 is 2.14 bits per heavy atom. The monoisotopic (exact) mass is 288 g/mol. The molecule has 0 amide bonds. The van der Waals surface area contributed by atoms with Crippen LogP contribution in [0.2, 0.25) is 0 Å². The molecule has 0 saturated carbocycles. The molecule has 112 valence electrons. The summed E-state index contributed by atoms with van der Waals surface area (Å²) in [5.41, 5.74) is 0.568. The third-order valence-electron chi connectivity index (χ3n) is 4.46. The van der Waals surface area contributed by atoms with Crippen LogP contribution in [0.1, 0.15) is 43.9 Å². The second kappa shape index (κ2) is 4.99. The zero-order chi connectivity index (χ0) is 15.2. The van der Waals surface area contributed by atoms with Crippen molar-refractivity contribution in [1.82, 2.24) is 4.90 Å². The largest absolute Gasteiger partial charge is 0.485 e. The number of hydrogen-bond acceptors (Lipinski definition) is 5. The van der Waals surface area contributed by atoms with Crippen molar-refractivity contribution in [2.24, 2.45) is 0 Å². The normalized spacial score (nSPS) is 31.3. The Bertz CT molecular complexity index is 594. The molecule has 0 aromatic heterocycles. The number of ether oxygens (including phenoxy) is 1. The molecule has 21 heavy (non-hydrogen) atoms. The highest BCUT2D eigenvalue weighted by Crippen LogP contribution is 2.45. The number of fused-ring (bicyclic) bond motifs is 1. The first kappa shape index (κ1) is 14.3. The lowest BCUT2D eigenvalue weighted by molar-refractivity contribution is -0.117. The number of nitrogens with zero attached hydrogens (tertiary/aromatic N) is 2. The molecule has 1 unspecified atom stereocenters. The highest BCUT2D eigenvalue weighted by atomic mass is 16.5. The number of nitriles is 1. The molecule has 3 rings (SSSR count). The zero-order valence-electron chi connectivity index (χ0n) is 12.3. The maximum absolute atomic E-state index is 10.7. The maximum atomic E-state index is 10.7. The standard InChI is InChI=1S/C16H20N2O3/c1-16(2)15(20)14(18-7-3-4-13(18)19)11-8-10(9-17)5-6-12(11)21-16/h5-6,8,13-15,19-20H,3-4,7H2,1-2H3/t13?,14-,15+/m0/s1. The molecule has 0 spiro atoms. The third-order valence-corrected chi connectivity index (χ3v) is 4.46. The molecule has 1 fully saturated rings. The van der Waals surface area contributed by atoms with Crippen molar-refractivity contribution in [3.05, 3.63) is 29.3 Å². The van der Waals surface area contributed by atoms with E-state index in [9.17, 15) is 10.2 Å². The van der Waals surface area contributed by atoms with E-state index < -0.39 is 17.9 Å². The van der Waals surface area contributed by atoms with E-state index in [1.165, 1.54) is 0 Å². The lowest BCUT2D eigenvalue weighted by Gasteiger charge is -2.46. The second-order valence-electron chi connectivity index (χ2n) is 6.32. The van der Waals surface area contributed by atoms with E-state index in [1.807, 2.05) is 18.7 Å². The summed E-state index contributed by atoms with van der Waals surface area (Å²) in [6, 6.07) is 7.01. The van der Waals surface area contributed by atoms with Crippen LogP contribution < -0.4 is 4.74 Å². The van der Waals surface area contributed by atoms with E-state index in [2.05, 4.69) is 6.07 Å². The minimum Gasteiger partial charge on any atom is -0.485 e. The van der Waals surface area contributed by atoms with Gasteiger partial charge in [0.15, 0.2) is 0 Å². The van der Waals surface area contributed by atoms with Gasteiger partial charge < -0.3 is 14.9 Å². The molecule has 0 aliphatic carbocycles. The van der Waals surface area contributed by atoms with Gasteiger partial charge in [-0.3, -0.25) is 4.90 Å². The van der Waals surface area contributed by atoms with Crippen LogP contribution >= 0.6 is 0 Å². The lowest BCUT2D eigenvalue weighted by Crippen LogP contribution is -2.54. The highest BCUT2D eigenvalue weighted by Gasteiger charge is 2.47. The number of aliphatic hydroxyl groups is 2. The fraction of sp³-hybridized carbons (Fsp3) is 0.562. The molecule has 5 nitrogen and oxygen atoms in total. The van der Waals surface area contributed by atoms with E-state index in [-0.39, 0.29) is 6.04 Å². The summed E-state index contributed by atoms with van der Waals surface area (Å²) in [7, 11) is 0. The lowest BCUT2D eigenvalue weighted by atomic mass is 9.85. The van der Waals surface area contributed by atoms with E-state index >= 15 is 0 Å². The average Bonchev–Trinajstić information content (AvgIpc) is 2.86. The molecule has 1 aromatic carbocycles. The Morgan fingerprint density at radius 1 is 1.38 bits per heavy atom. The molecule has 1 aromatic rings. The van der Waals surface area contributed by atoms with Crippen molar-refractivity contribution >= 4 is 0 Å². The van der Waals surface area contributed by atoms with Gasteiger partial charge in [0.05, 0.1) is 17.7 Å². The molecule has 2 aliphatic heterocycles. The minimum atomic E-state index is -0.772. The van der Waals surface area contributed by atoms with E-state index in [0.717, 1.165) is 18.5 Å². The van der Waals surface area contributed by atoms with Crippen molar-refractivity contribution in [2.75, 3.05) is 6.54 Å². The average molecular weight is 288 g/mol. The molecular weight excluding hydrogens is 268 g/mol. The third kappa shape index (κ3) is 2.30. The van der Waals surface area contributed by atoms with Gasteiger partial charge in [0, 0.05) is 12.1 Å². The van der Waals surface area contributed by atoms with E-state index in [4.69, 9.17) is 10.00 Å². The summed E-state index contributed by atoms with van der Waals surface area (Å²) < 4.78 is 5.89. The van der Waals surface area contributed by atoms with Crippen LogP contribution in [0.4, 0.5) is 0 Å². The summed E-state index contributed by atoms with van der Waals surface area (Å²) >= 11 is 0. The fourth-order valence-corrected chi connectivity index (χ4v) is 3.29. The van der Waals surface area contributed by atoms with Gasteiger partial charge in [-0.25, -0.2) is 0 Å². The van der Waals surface area contributed by atoms with Crippen LogP contribution in [0.5, 0.6) is 5.75 Å². The summed E-state index contributed by atoms with van der Waals surface area (Å²) in [4.78, 5) is 1.91. The summed E-state index contributed by atoms with van der Waals surface area (Å²) in [5, 5.41) is 30.0. The molecule has 2 N–H and O–H groups in total. The van der Waals surface area contributed by atoms with E-state index in [0.29, 0.717) is 17.7 Å². The second-order valence-corrected chi connectivity index (χ2v) is 6.32. The highest BCUT2D eigenvalue weighted by molar-refractivity contribution is 5.46. The van der Waals surface area contributed by atoms with Crippen LogP contribution in [-0.4, -0.2) is 39.6 Å². The van der Waals surface area contributed by atoms with Crippen LogP contribution in [0.3, 0.4) is 0 Å². The predicted octanol–water partition coefficient (Wildman–Crippen LogP) is 1.55. The quantitative estimate of drug-likeness (QED) is 0.820. The van der Waals surface area contributed by atoms with Gasteiger partial charge in [-0.1, -0.05) is 0 Å². The molecule has 0 bridgehead atoms. The Morgan fingerprint density at radius 3 is 2.76 bits per heavy atom. The van der Waals surface area contributed by atoms with Crippen LogP contribution in [-0.2, 0) is 0 Å². The van der Waals surface area contributed by atoms with Crippen molar-refractivity contribution in [1.29, 1.82) is 5.26 Å². The van der Waals surface area contributed by atoms with Gasteiger partial charge in [0.1, 0.15) is 23.7 Å². The predicted molar refractivity (Wildman–Crippen MR) is 76.6 cm³/mol. The van der Waals surface area contributed by atoms with Gasteiger partial charge in [-0.15, -0.1) is 0 Å². The number of aliphatic hydroxyl groups excluding tert-OH is 2. The number of rotatable bonds is 1. The van der Waals surface area contributed by atoms with Crippen molar-refractivity contribution < 1.29 is 14.9 Å². The first-order chi connectivity index (χ1) is 9.94. The van der Waals surface area contributed by atoms with Gasteiger partial charge in [-0.05, 0) is 44.9 Å². The first-order valence-electron chi connectivity index (χ1n) is 7.29. The Hall–Kier alpha value is -1.61. The van der Waals surface area contributed by atoms with Gasteiger partial charge in [-0.2, -0.15) is 5.26 Å². The number of hydrogen-bond donors (Lipinski definition) is 2. The van der Waals surface area contributed by atoms with Crippen LogP contribution in [0.15, 0.2) is 18.2 Å². The van der Waals surface area contributed by atoms with Crippen molar-refractivity contribution in [3.63, 3.8) is 0 Å². The van der Waals surface area contributed by atoms with Crippen LogP contribution in [0, 0.1) is 11.3 Å². The zero-order valence-corrected chi connectivity index (χ0v) is 12.3. The SMILES string of the molecule is CC1(C)Oc2ccc(C#N)cc2[C@H](N2CCCC2O)[C@H]1O. The topological polar surface area (TPSA) is 76.7 Å².